The van der Waals surface area contributed by atoms with Crippen LogP contribution in [-0.4, -0.2) is 22.2 Å². The summed E-state index contributed by atoms with van der Waals surface area (Å²) in [6, 6.07) is 4.90. The third-order valence-corrected chi connectivity index (χ3v) is 3.61. The number of hydrogen-bond donors (Lipinski definition) is 3. The molecule has 1 aromatic carbocycles. The summed E-state index contributed by atoms with van der Waals surface area (Å²) in [5.74, 6) is -0.174. The van der Waals surface area contributed by atoms with E-state index in [4.69, 9.17) is 0 Å². The highest BCUT2D eigenvalue weighted by Gasteiger charge is 2.28. The Balaban J connectivity index is 2.10. The molecule has 2 rings (SSSR count). The van der Waals surface area contributed by atoms with Gasteiger partial charge >= 0.3 is 5.97 Å². The Morgan fingerprint density at radius 2 is 2.21 bits per heavy atom. The molecule has 0 saturated carbocycles. The van der Waals surface area contributed by atoms with E-state index in [1.54, 1.807) is 12.1 Å². The summed E-state index contributed by atoms with van der Waals surface area (Å²) in [7, 11) is 0. The lowest BCUT2D eigenvalue weighted by Crippen LogP contribution is -2.39. The van der Waals surface area contributed by atoms with Crippen molar-refractivity contribution in [2.75, 3.05) is 0 Å². The van der Waals surface area contributed by atoms with Crippen LogP contribution in [0.1, 0.15) is 43.9 Å². The number of carbonyl (C=O) groups is 1. The van der Waals surface area contributed by atoms with E-state index < -0.39 is 12.0 Å². The van der Waals surface area contributed by atoms with Gasteiger partial charge in [0.15, 0.2) is 0 Å². The van der Waals surface area contributed by atoms with Crippen LogP contribution in [0, 0.1) is 5.92 Å². The van der Waals surface area contributed by atoms with E-state index in [2.05, 4.69) is 5.32 Å². The number of carboxylic acid groups (broad SMARTS) is 1. The number of rotatable bonds is 5. The van der Waals surface area contributed by atoms with E-state index in [1.807, 2.05) is 19.9 Å². The van der Waals surface area contributed by atoms with Crippen molar-refractivity contribution in [2.45, 2.75) is 45.2 Å². The van der Waals surface area contributed by atoms with Gasteiger partial charge in [-0.25, -0.2) is 0 Å². The van der Waals surface area contributed by atoms with Crippen molar-refractivity contribution in [2.24, 2.45) is 5.92 Å². The smallest absolute Gasteiger partial charge is 0.320 e. The number of carboxylic acids is 1. The average molecular weight is 263 g/mol. The lowest BCUT2D eigenvalue weighted by molar-refractivity contribution is -0.140. The van der Waals surface area contributed by atoms with Gasteiger partial charge in [0, 0.05) is 6.04 Å². The summed E-state index contributed by atoms with van der Waals surface area (Å²) in [6.45, 7) is 4.05. The summed E-state index contributed by atoms with van der Waals surface area (Å²) in [4.78, 5) is 11.3. The zero-order chi connectivity index (χ0) is 14.0. The molecule has 104 valence electrons. The Hall–Kier alpha value is -1.55. The molecule has 0 radical (unpaired) electrons. The highest BCUT2D eigenvalue weighted by atomic mass is 16.4. The lowest BCUT2D eigenvalue weighted by Gasteiger charge is -2.22. The molecule has 4 heteroatoms. The molecule has 0 aromatic heterocycles. The molecule has 0 spiro atoms. The maximum atomic E-state index is 11.3. The number of hydrogen-bond acceptors (Lipinski definition) is 3. The number of fused-ring (bicyclic) bond motifs is 1. The molecule has 3 N–H and O–H groups in total. The zero-order valence-electron chi connectivity index (χ0n) is 11.4. The molecule has 1 aromatic rings. The number of benzene rings is 1. The van der Waals surface area contributed by atoms with E-state index in [-0.39, 0.29) is 11.8 Å². The number of aryl methyl sites for hydroxylation is 1. The predicted octanol–water partition coefficient (Wildman–Crippen LogP) is 2.47. The van der Waals surface area contributed by atoms with Crippen LogP contribution in [0.15, 0.2) is 18.2 Å². The molecule has 0 heterocycles. The molecule has 0 aliphatic heterocycles. The van der Waals surface area contributed by atoms with Crippen LogP contribution in [0.5, 0.6) is 5.75 Å². The monoisotopic (exact) mass is 263 g/mol. The Morgan fingerprint density at radius 1 is 1.47 bits per heavy atom. The van der Waals surface area contributed by atoms with E-state index in [9.17, 15) is 15.0 Å². The largest absolute Gasteiger partial charge is 0.508 e. The maximum absolute atomic E-state index is 11.3. The first-order chi connectivity index (χ1) is 8.97. The normalized spacial score (nSPS) is 19.4. The number of aromatic hydroxyl groups is 1. The van der Waals surface area contributed by atoms with Gasteiger partial charge in [-0.05, 0) is 48.4 Å². The minimum atomic E-state index is -0.791. The third kappa shape index (κ3) is 3.26. The second kappa shape index (κ2) is 5.61. The van der Waals surface area contributed by atoms with E-state index in [0.29, 0.717) is 12.3 Å². The van der Waals surface area contributed by atoms with E-state index in [1.165, 1.54) is 0 Å². The van der Waals surface area contributed by atoms with Gasteiger partial charge in [0.05, 0.1) is 0 Å². The summed E-state index contributed by atoms with van der Waals surface area (Å²) in [6.07, 6.45) is 2.40. The molecule has 2 unspecified atom stereocenters. The lowest BCUT2D eigenvalue weighted by atomic mass is 10.0. The van der Waals surface area contributed by atoms with E-state index in [0.717, 1.165) is 24.0 Å². The molecular weight excluding hydrogens is 242 g/mol. The summed E-state index contributed by atoms with van der Waals surface area (Å²) < 4.78 is 0. The number of aliphatic carboxylic acids is 1. The van der Waals surface area contributed by atoms with Gasteiger partial charge in [-0.15, -0.1) is 0 Å². The SMILES string of the molecule is CC(C)CC(NC1CCc2cc(O)ccc21)C(=O)O. The van der Waals surface area contributed by atoms with E-state index >= 15 is 0 Å². The van der Waals surface area contributed by atoms with Gasteiger partial charge < -0.3 is 10.2 Å². The van der Waals surface area contributed by atoms with Crippen molar-refractivity contribution >= 4 is 5.97 Å². The summed E-state index contributed by atoms with van der Waals surface area (Å²) in [5, 5.41) is 22.0. The van der Waals surface area contributed by atoms with Crippen LogP contribution in [0.2, 0.25) is 0 Å². The zero-order valence-corrected chi connectivity index (χ0v) is 11.4. The van der Waals surface area contributed by atoms with Gasteiger partial charge in [-0.1, -0.05) is 19.9 Å². The molecule has 0 bridgehead atoms. The van der Waals surface area contributed by atoms with Crippen molar-refractivity contribution < 1.29 is 15.0 Å². The molecule has 1 aliphatic carbocycles. The van der Waals surface area contributed by atoms with Crippen molar-refractivity contribution in [3.05, 3.63) is 29.3 Å². The fraction of sp³-hybridized carbons (Fsp3) is 0.533. The van der Waals surface area contributed by atoms with Crippen molar-refractivity contribution in [3.63, 3.8) is 0 Å². The van der Waals surface area contributed by atoms with Crippen LogP contribution in [0.4, 0.5) is 0 Å². The van der Waals surface area contributed by atoms with Crippen LogP contribution < -0.4 is 5.32 Å². The Kier molecular flexibility index (Phi) is 4.10. The molecular formula is C15H21NO3. The standard InChI is InChI=1S/C15H21NO3/c1-9(2)7-14(15(18)19)16-13-6-3-10-8-11(17)4-5-12(10)13/h4-5,8-9,13-14,16-17H,3,6-7H2,1-2H3,(H,18,19). The molecule has 0 fully saturated rings. The van der Waals surface area contributed by atoms with Gasteiger partial charge in [-0.3, -0.25) is 10.1 Å². The van der Waals surface area contributed by atoms with Crippen LogP contribution in [0.25, 0.3) is 0 Å². The predicted molar refractivity (Wildman–Crippen MR) is 73.2 cm³/mol. The maximum Gasteiger partial charge on any atom is 0.320 e. The van der Waals surface area contributed by atoms with Crippen molar-refractivity contribution in [1.29, 1.82) is 0 Å². The fourth-order valence-electron chi connectivity index (χ4n) is 2.73. The Morgan fingerprint density at radius 3 is 2.84 bits per heavy atom. The first-order valence-electron chi connectivity index (χ1n) is 6.78. The second-order valence-electron chi connectivity index (χ2n) is 5.66. The highest BCUT2D eigenvalue weighted by molar-refractivity contribution is 5.73. The third-order valence-electron chi connectivity index (χ3n) is 3.61. The molecule has 0 saturated heterocycles. The fourth-order valence-corrected chi connectivity index (χ4v) is 2.73. The Labute approximate surface area is 113 Å². The minimum absolute atomic E-state index is 0.0791. The number of phenolic OH excluding ortho intramolecular Hbond substituents is 1. The molecule has 4 nitrogen and oxygen atoms in total. The quantitative estimate of drug-likeness (QED) is 0.763. The average Bonchev–Trinajstić information content (AvgIpc) is 2.70. The van der Waals surface area contributed by atoms with Gasteiger partial charge in [0.1, 0.15) is 11.8 Å². The van der Waals surface area contributed by atoms with Crippen molar-refractivity contribution in [3.8, 4) is 5.75 Å². The molecule has 19 heavy (non-hydrogen) atoms. The van der Waals surface area contributed by atoms with Crippen molar-refractivity contribution in [1.82, 2.24) is 5.32 Å². The van der Waals surface area contributed by atoms with Crippen LogP contribution in [-0.2, 0) is 11.2 Å². The molecule has 2 atom stereocenters. The van der Waals surface area contributed by atoms with Crippen LogP contribution in [0.3, 0.4) is 0 Å². The number of nitrogens with one attached hydrogen (secondary N) is 1. The number of phenols is 1. The van der Waals surface area contributed by atoms with Crippen LogP contribution >= 0.6 is 0 Å². The first kappa shape index (κ1) is 13.9. The highest BCUT2D eigenvalue weighted by Crippen LogP contribution is 2.33. The Bertz CT molecular complexity index is 470. The van der Waals surface area contributed by atoms with Gasteiger partial charge in [0.2, 0.25) is 0 Å². The minimum Gasteiger partial charge on any atom is -0.508 e. The molecule has 0 amide bonds. The topological polar surface area (TPSA) is 69.6 Å². The summed E-state index contributed by atoms with van der Waals surface area (Å²) in [5.41, 5.74) is 2.24. The second-order valence-corrected chi connectivity index (χ2v) is 5.66. The van der Waals surface area contributed by atoms with Gasteiger partial charge in [0.25, 0.3) is 0 Å². The summed E-state index contributed by atoms with van der Waals surface area (Å²) >= 11 is 0. The van der Waals surface area contributed by atoms with Gasteiger partial charge in [-0.2, -0.15) is 0 Å². The first-order valence-corrected chi connectivity index (χ1v) is 6.78. The molecule has 1 aliphatic rings.